The van der Waals surface area contributed by atoms with Crippen molar-refractivity contribution in [3.05, 3.63) is 41.5 Å². The van der Waals surface area contributed by atoms with Crippen molar-refractivity contribution in [3.8, 4) is 12.1 Å². The first-order chi connectivity index (χ1) is 11.3. The molecule has 1 saturated heterocycles. The standard InChI is InChI=1S/C20H23N3/c21-14-19(15-22)17-8-6-16(7-9-17)18-10-12-23(13-11-18)20-4-2-1-3-5-20/h1-5,16,18H,6-13H2. The lowest BCUT2D eigenvalue weighted by atomic mass is 9.74. The molecule has 1 aromatic carbocycles. The number of hydrogen-bond donors (Lipinski definition) is 0. The molecule has 0 unspecified atom stereocenters. The van der Waals surface area contributed by atoms with Gasteiger partial charge in [0.1, 0.15) is 17.7 Å². The highest BCUT2D eigenvalue weighted by Gasteiger charge is 2.29. The number of benzene rings is 1. The first-order valence-corrected chi connectivity index (χ1v) is 8.64. The smallest absolute Gasteiger partial charge is 0.128 e. The minimum absolute atomic E-state index is 0.363. The molecule has 0 spiro atoms. The number of anilines is 1. The summed E-state index contributed by atoms with van der Waals surface area (Å²) in [5.74, 6) is 1.58. The van der Waals surface area contributed by atoms with Crippen LogP contribution in [0.3, 0.4) is 0 Å². The Hall–Kier alpha value is -2.26. The molecule has 1 aliphatic carbocycles. The van der Waals surface area contributed by atoms with E-state index in [0.717, 1.165) is 56.2 Å². The molecule has 1 saturated carbocycles. The SMILES string of the molecule is N#CC(C#N)=C1CCC(C2CCN(c3ccccc3)CC2)CC1. The summed E-state index contributed by atoms with van der Waals surface area (Å²) in [5.41, 5.74) is 2.79. The van der Waals surface area contributed by atoms with Crippen LogP contribution in [0.4, 0.5) is 5.69 Å². The van der Waals surface area contributed by atoms with Crippen molar-refractivity contribution in [1.29, 1.82) is 10.5 Å². The van der Waals surface area contributed by atoms with Gasteiger partial charge in [0.05, 0.1) is 0 Å². The molecule has 2 fully saturated rings. The fourth-order valence-corrected chi connectivity index (χ4v) is 4.16. The molecular weight excluding hydrogens is 282 g/mol. The monoisotopic (exact) mass is 305 g/mol. The van der Waals surface area contributed by atoms with E-state index in [-0.39, 0.29) is 0 Å². The van der Waals surface area contributed by atoms with Crippen LogP contribution < -0.4 is 4.90 Å². The third-order valence-corrected chi connectivity index (χ3v) is 5.54. The summed E-state index contributed by atoms with van der Waals surface area (Å²) in [4.78, 5) is 2.49. The van der Waals surface area contributed by atoms with E-state index in [1.54, 1.807) is 0 Å². The summed E-state index contributed by atoms with van der Waals surface area (Å²) in [6, 6.07) is 14.8. The number of allylic oxidation sites excluding steroid dienone is 2. The summed E-state index contributed by atoms with van der Waals surface area (Å²) in [7, 11) is 0. The topological polar surface area (TPSA) is 50.8 Å². The number of para-hydroxylation sites is 1. The first-order valence-electron chi connectivity index (χ1n) is 8.64. The van der Waals surface area contributed by atoms with Crippen LogP contribution in [-0.4, -0.2) is 13.1 Å². The van der Waals surface area contributed by atoms with Crippen LogP contribution in [0.1, 0.15) is 38.5 Å². The van der Waals surface area contributed by atoms with Gasteiger partial charge in [-0.2, -0.15) is 10.5 Å². The average molecular weight is 305 g/mol. The highest BCUT2D eigenvalue weighted by molar-refractivity contribution is 5.46. The third kappa shape index (κ3) is 3.57. The lowest BCUT2D eigenvalue weighted by molar-refractivity contribution is 0.231. The van der Waals surface area contributed by atoms with Gasteiger partial charge in [-0.3, -0.25) is 0 Å². The van der Waals surface area contributed by atoms with Gasteiger partial charge in [-0.1, -0.05) is 18.2 Å². The molecule has 0 N–H and O–H groups in total. The fourth-order valence-electron chi connectivity index (χ4n) is 4.16. The van der Waals surface area contributed by atoms with Gasteiger partial charge in [0.25, 0.3) is 0 Å². The van der Waals surface area contributed by atoms with Crippen LogP contribution in [0.25, 0.3) is 0 Å². The van der Waals surface area contributed by atoms with Crippen molar-refractivity contribution < 1.29 is 0 Å². The minimum atomic E-state index is 0.363. The molecule has 3 rings (SSSR count). The molecule has 1 heterocycles. The molecule has 1 aromatic rings. The van der Waals surface area contributed by atoms with E-state index < -0.39 is 0 Å². The molecule has 3 heteroatoms. The van der Waals surface area contributed by atoms with Gasteiger partial charge in [-0.25, -0.2) is 0 Å². The van der Waals surface area contributed by atoms with Gasteiger partial charge < -0.3 is 4.90 Å². The average Bonchev–Trinajstić information content (AvgIpc) is 2.64. The lowest BCUT2D eigenvalue weighted by Crippen LogP contribution is -2.36. The van der Waals surface area contributed by atoms with Crippen molar-refractivity contribution in [2.75, 3.05) is 18.0 Å². The van der Waals surface area contributed by atoms with Crippen molar-refractivity contribution in [2.45, 2.75) is 38.5 Å². The Balaban J connectivity index is 1.53. The molecule has 2 aliphatic rings. The second kappa shape index (κ2) is 7.34. The van der Waals surface area contributed by atoms with Gasteiger partial charge in [-0.05, 0) is 68.1 Å². The van der Waals surface area contributed by atoms with Gasteiger partial charge >= 0.3 is 0 Å². The zero-order chi connectivity index (χ0) is 16.1. The van der Waals surface area contributed by atoms with E-state index in [2.05, 4.69) is 47.4 Å². The number of rotatable bonds is 2. The molecule has 3 nitrogen and oxygen atoms in total. The summed E-state index contributed by atoms with van der Waals surface area (Å²) in [6.45, 7) is 2.30. The van der Waals surface area contributed by atoms with Crippen molar-refractivity contribution in [1.82, 2.24) is 0 Å². The highest BCUT2D eigenvalue weighted by atomic mass is 15.1. The lowest BCUT2D eigenvalue weighted by Gasteiger charge is -2.39. The predicted octanol–water partition coefficient (Wildman–Crippen LogP) is 4.44. The second-order valence-corrected chi connectivity index (χ2v) is 6.70. The van der Waals surface area contributed by atoms with Crippen molar-refractivity contribution >= 4 is 5.69 Å². The number of nitrogens with zero attached hydrogens (tertiary/aromatic N) is 3. The molecule has 118 valence electrons. The summed E-state index contributed by atoms with van der Waals surface area (Å²) < 4.78 is 0. The molecule has 0 radical (unpaired) electrons. The van der Waals surface area contributed by atoms with Crippen LogP contribution in [0.5, 0.6) is 0 Å². The number of hydrogen-bond acceptors (Lipinski definition) is 3. The molecule has 0 bridgehead atoms. The maximum absolute atomic E-state index is 8.99. The van der Waals surface area contributed by atoms with E-state index in [1.807, 2.05) is 0 Å². The predicted molar refractivity (Wildman–Crippen MR) is 91.6 cm³/mol. The third-order valence-electron chi connectivity index (χ3n) is 5.54. The molecule has 0 aromatic heterocycles. The van der Waals surface area contributed by atoms with Crippen LogP contribution in [0.15, 0.2) is 41.5 Å². The zero-order valence-electron chi connectivity index (χ0n) is 13.5. The van der Waals surface area contributed by atoms with Crippen LogP contribution >= 0.6 is 0 Å². The maximum Gasteiger partial charge on any atom is 0.128 e. The molecule has 1 aliphatic heterocycles. The van der Waals surface area contributed by atoms with E-state index in [9.17, 15) is 0 Å². The van der Waals surface area contributed by atoms with Crippen molar-refractivity contribution in [2.24, 2.45) is 11.8 Å². The summed E-state index contributed by atoms with van der Waals surface area (Å²) >= 11 is 0. The summed E-state index contributed by atoms with van der Waals surface area (Å²) in [6.07, 6.45) is 6.72. The fraction of sp³-hybridized carbons (Fsp3) is 0.500. The minimum Gasteiger partial charge on any atom is -0.372 e. The van der Waals surface area contributed by atoms with Crippen molar-refractivity contribution in [3.63, 3.8) is 0 Å². The quantitative estimate of drug-likeness (QED) is 0.759. The Morgan fingerprint density at radius 2 is 1.43 bits per heavy atom. The van der Waals surface area contributed by atoms with E-state index in [4.69, 9.17) is 10.5 Å². The maximum atomic E-state index is 8.99. The van der Waals surface area contributed by atoms with Crippen LogP contribution in [0.2, 0.25) is 0 Å². The van der Waals surface area contributed by atoms with E-state index in [1.165, 1.54) is 18.5 Å². The van der Waals surface area contributed by atoms with Crippen LogP contribution in [-0.2, 0) is 0 Å². The Kier molecular flexibility index (Phi) is 4.99. The Morgan fingerprint density at radius 1 is 0.870 bits per heavy atom. The Labute approximate surface area is 138 Å². The number of nitriles is 2. The van der Waals surface area contributed by atoms with E-state index >= 15 is 0 Å². The zero-order valence-corrected chi connectivity index (χ0v) is 13.5. The van der Waals surface area contributed by atoms with Crippen LogP contribution in [0, 0.1) is 34.5 Å². The first kappa shape index (κ1) is 15.6. The molecule has 23 heavy (non-hydrogen) atoms. The van der Waals surface area contributed by atoms with Gasteiger partial charge in [-0.15, -0.1) is 0 Å². The highest BCUT2D eigenvalue weighted by Crippen LogP contribution is 2.39. The molecular formula is C20H23N3. The Bertz CT molecular complexity index is 614. The second-order valence-electron chi connectivity index (χ2n) is 6.70. The van der Waals surface area contributed by atoms with Gasteiger partial charge in [0, 0.05) is 18.8 Å². The number of piperidine rings is 1. The molecule has 0 atom stereocenters. The van der Waals surface area contributed by atoms with Gasteiger partial charge in [0.2, 0.25) is 0 Å². The largest absolute Gasteiger partial charge is 0.372 e. The molecule has 0 amide bonds. The van der Waals surface area contributed by atoms with Gasteiger partial charge in [0.15, 0.2) is 0 Å². The summed E-state index contributed by atoms with van der Waals surface area (Å²) in [5, 5.41) is 18.0. The van der Waals surface area contributed by atoms with E-state index in [0.29, 0.717) is 5.57 Å². The Morgan fingerprint density at radius 3 is 2.00 bits per heavy atom. The normalized spacial score (nSPS) is 22.3.